The van der Waals surface area contributed by atoms with E-state index in [1.165, 1.54) is 11.0 Å². The van der Waals surface area contributed by atoms with Crippen LogP contribution >= 0.6 is 0 Å². The van der Waals surface area contributed by atoms with Crippen LogP contribution in [0.25, 0.3) is 10.8 Å². The number of rotatable bonds is 23. The molecule has 0 bridgehead atoms. The van der Waals surface area contributed by atoms with Crippen molar-refractivity contribution in [1.82, 2.24) is 46.4 Å². The quantitative estimate of drug-likeness (QED) is 0.0485. The summed E-state index contributed by atoms with van der Waals surface area (Å²) in [6.07, 6.45) is 0.536. The summed E-state index contributed by atoms with van der Waals surface area (Å²) in [6, 6.07) is 10.9. The Balaban J connectivity index is 1.42. The number of amides is 5. The summed E-state index contributed by atoms with van der Waals surface area (Å²) in [6.45, 7) is -1.88. The highest BCUT2D eigenvalue weighted by molar-refractivity contribution is 6.39. The summed E-state index contributed by atoms with van der Waals surface area (Å²) in [5, 5.41) is 64.5. The standard InChI is InChI=1S/C42H54N10O15/c53-34(54)21-46-42(66)48-30(41(64)65)7-3-4-10-44-38(61)31(18-26-8-9-27-5-1-2-6-28(27)17-26)47-40(63)32-19-29(67-49-32)20-45-39(62)33-22-52(25-37(59)60)16-15-51(24-36(57)58)14-13-50(12-11-43-33)23-35(55)56/h1-2,5-6,8-9,17,19,30-31H,3-4,7,10-16,18,20-25H2,(H,44,61)(H,45,62)(H,47,63)(H,53,54)(H,55,56)(H,57,58)(H,59,60)(H,64,65)(H2,46,48,66)/b43-33-. The Morgan fingerprint density at radius 3 is 1.96 bits per heavy atom. The number of hydrogen-bond acceptors (Lipinski definition) is 15. The lowest BCUT2D eigenvalue weighted by Gasteiger charge is -2.29. The van der Waals surface area contributed by atoms with Crippen molar-refractivity contribution in [3.8, 4) is 0 Å². The van der Waals surface area contributed by atoms with Gasteiger partial charge in [-0.1, -0.05) is 47.6 Å². The zero-order valence-electron chi connectivity index (χ0n) is 36.3. The van der Waals surface area contributed by atoms with Gasteiger partial charge in [0.2, 0.25) is 5.91 Å². The summed E-state index contributed by atoms with van der Waals surface area (Å²) < 4.78 is 5.32. The molecule has 25 nitrogen and oxygen atoms in total. The van der Waals surface area contributed by atoms with Crippen molar-refractivity contribution in [3.63, 3.8) is 0 Å². The van der Waals surface area contributed by atoms with Gasteiger partial charge in [0.25, 0.3) is 11.8 Å². The molecule has 3 aromatic rings. The molecule has 5 amide bonds. The van der Waals surface area contributed by atoms with Crippen molar-refractivity contribution < 1.29 is 73.2 Å². The number of nitrogens with one attached hydrogen (secondary N) is 5. The molecular weight excluding hydrogens is 885 g/mol. The second kappa shape index (κ2) is 26.5. The Morgan fingerprint density at radius 2 is 1.30 bits per heavy atom. The van der Waals surface area contributed by atoms with Gasteiger partial charge in [-0.05, 0) is 35.6 Å². The topological polar surface area (TPSA) is 363 Å². The van der Waals surface area contributed by atoms with E-state index in [1.54, 1.807) is 9.80 Å². The number of urea groups is 1. The number of carbonyl (C=O) groups excluding carboxylic acids is 4. The minimum atomic E-state index is -1.34. The van der Waals surface area contributed by atoms with Gasteiger partial charge < -0.3 is 56.6 Å². The van der Waals surface area contributed by atoms with Gasteiger partial charge in [0, 0.05) is 58.3 Å². The monoisotopic (exact) mass is 938 g/mol. The molecule has 10 N–H and O–H groups in total. The number of aliphatic imine (C=N–C) groups is 1. The number of benzene rings is 2. The van der Waals surface area contributed by atoms with E-state index in [1.807, 2.05) is 47.8 Å². The Labute approximate surface area is 382 Å². The third kappa shape index (κ3) is 18.9. The van der Waals surface area contributed by atoms with Crippen molar-refractivity contribution in [2.75, 3.05) is 78.5 Å². The molecule has 0 fully saturated rings. The molecule has 2 unspecified atom stereocenters. The van der Waals surface area contributed by atoms with E-state index in [9.17, 15) is 63.6 Å². The maximum Gasteiger partial charge on any atom is 0.326 e. The number of fused-ring (bicyclic) bond motifs is 1. The van der Waals surface area contributed by atoms with Gasteiger partial charge in [0.1, 0.15) is 24.3 Å². The van der Waals surface area contributed by atoms with Crippen LogP contribution < -0.4 is 26.6 Å². The highest BCUT2D eigenvalue weighted by atomic mass is 16.5. The van der Waals surface area contributed by atoms with Gasteiger partial charge in [-0.3, -0.25) is 53.3 Å². The second-order valence-electron chi connectivity index (χ2n) is 15.4. The van der Waals surface area contributed by atoms with Crippen LogP contribution in [0, 0.1) is 0 Å². The molecule has 0 radical (unpaired) electrons. The first-order chi connectivity index (χ1) is 31.9. The maximum atomic E-state index is 13.6. The molecule has 2 aromatic carbocycles. The second-order valence-corrected chi connectivity index (χ2v) is 15.4. The smallest absolute Gasteiger partial charge is 0.326 e. The summed E-state index contributed by atoms with van der Waals surface area (Å²) in [7, 11) is 0. The van der Waals surface area contributed by atoms with Gasteiger partial charge in [0.15, 0.2) is 11.5 Å². The molecule has 2 heterocycles. The van der Waals surface area contributed by atoms with Gasteiger partial charge in [-0.25, -0.2) is 9.59 Å². The maximum absolute atomic E-state index is 13.6. The number of unbranched alkanes of at least 4 members (excludes halogenated alkanes) is 1. The molecule has 0 saturated carbocycles. The Morgan fingerprint density at radius 1 is 0.657 bits per heavy atom. The Hall–Kier alpha value is -7.51. The summed E-state index contributed by atoms with van der Waals surface area (Å²) >= 11 is 0. The fourth-order valence-corrected chi connectivity index (χ4v) is 6.87. The van der Waals surface area contributed by atoms with Crippen LogP contribution in [0.4, 0.5) is 4.79 Å². The lowest BCUT2D eigenvalue weighted by atomic mass is 10.0. The zero-order valence-corrected chi connectivity index (χ0v) is 36.3. The van der Waals surface area contributed by atoms with E-state index >= 15 is 0 Å². The summed E-state index contributed by atoms with van der Waals surface area (Å²) in [5.41, 5.74) is 0.379. The molecule has 4 rings (SSSR count). The predicted molar refractivity (Wildman–Crippen MR) is 234 cm³/mol. The third-order valence-corrected chi connectivity index (χ3v) is 10.2. The highest BCUT2D eigenvalue weighted by Gasteiger charge is 2.26. The molecule has 0 saturated heterocycles. The summed E-state index contributed by atoms with van der Waals surface area (Å²) in [5.74, 6) is -8.17. The van der Waals surface area contributed by atoms with Crippen molar-refractivity contribution in [1.29, 1.82) is 0 Å². The zero-order chi connectivity index (χ0) is 48.9. The number of carboxylic acid groups (broad SMARTS) is 5. The average molecular weight is 939 g/mol. The van der Waals surface area contributed by atoms with Crippen molar-refractivity contribution in [2.24, 2.45) is 4.99 Å². The number of aliphatic carboxylic acids is 5. The fourth-order valence-electron chi connectivity index (χ4n) is 6.87. The molecule has 0 aliphatic carbocycles. The van der Waals surface area contributed by atoms with E-state index in [-0.39, 0.29) is 115 Å². The first kappa shape index (κ1) is 52.1. The number of hydrogen-bond donors (Lipinski definition) is 10. The molecule has 1 aromatic heterocycles. The third-order valence-electron chi connectivity index (χ3n) is 10.2. The van der Waals surface area contributed by atoms with E-state index in [0.29, 0.717) is 5.56 Å². The molecule has 362 valence electrons. The van der Waals surface area contributed by atoms with Gasteiger partial charge in [0.05, 0.1) is 32.7 Å². The first-order valence-electron chi connectivity index (χ1n) is 21.1. The van der Waals surface area contributed by atoms with E-state index in [2.05, 4.69) is 31.4 Å². The van der Waals surface area contributed by atoms with Crippen LogP contribution in [-0.2, 0) is 46.5 Å². The SMILES string of the molecule is O=C(O)CNC(=O)NC(CCCCNC(=O)C(Cc1ccc2ccccc2c1)NC(=O)c1cc(CNC(=O)/C2=N\CCN(CC(=O)O)CCN(CC(=O)O)CCN(CC(=O)O)C2)on1)C(=O)O. The predicted octanol–water partition coefficient (Wildman–Crippen LogP) is -1.48. The molecular formula is C42H54N10O15. The minimum absolute atomic E-state index is 0.0237. The highest BCUT2D eigenvalue weighted by Crippen LogP contribution is 2.17. The van der Waals surface area contributed by atoms with E-state index in [0.717, 1.165) is 10.8 Å². The van der Waals surface area contributed by atoms with Crippen LogP contribution in [0.1, 0.15) is 41.1 Å². The van der Waals surface area contributed by atoms with E-state index < -0.39 is 78.8 Å². The molecule has 0 spiro atoms. The fraction of sp³-hybridized carbons (Fsp3) is 0.452. The van der Waals surface area contributed by atoms with Crippen molar-refractivity contribution in [3.05, 3.63) is 65.5 Å². The van der Waals surface area contributed by atoms with Crippen LogP contribution in [0.2, 0.25) is 0 Å². The Kier molecular flexibility index (Phi) is 20.6. The molecule has 1 aliphatic rings. The normalized spacial score (nSPS) is 15.9. The van der Waals surface area contributed by atoms with Gasteiger partial charge in [-0.2, -0.15) is 0 Å². The van der Waals surface area contributed by atoms with Crippen molar-refractivity contribution in [2.45, 2.75) is 44.3 Å². The average Bonchev–Trinajstić information content (AvgIpc) is 3.75. The van der Waals surface area contributed by atoms with Crippen LogP contribution in [0.3, 0.4) is 0 Å². The lowest BCUT2D eigenvalue weighted by molar-refractivity contribution is -0.140. The first-order valence-corrected chi connectivity index (χ1v) is 21.1. The number of aromatic nitrogens is 1. The Bertz CT molecular complexity index is 2290. The number of carboxylic acids is 5. The van der Waals surface area contributed by atoms with E-state index in [4.69, 9.17) is 9.63 Å². The summed E-state index contributed by atoms with van der Waals surface area (Å²) in [4.78, 5) is 119. The lowest BCUT2D eigenvalue weighted by Crippen LogP contribution is -2.48. The number of nitrogens with zero attached hydrogens (tertiary/aromatic N) is 5. The largest absolute Gasteiger partial charge is 0.480 e. The molecule has 2 atom stereocenters. The molecule has 1 aliphatic heterocycles. The van der Waals surface area contributed by atoms with Crippen LogP contribution in [0.5, 0.6) is 0 Å². The number of carbonyl (C=O) groups is 9. The van der Waals surface area contributed by atoms with Crippen molar-refractivity contribution >= 4 is 70.1 Å². The molecule has 67 heavy (non-hydrogen) atoms. The van der Waals surface area contributed by atoms with Crippen LogP contribution in [0.15, 0.2) is 58.0 Å². The van der Waals surface area contributed by atoms with Gasteiger partial charge in [-0.15, -0.1) is 0 Å². The molecule has 25 heteroatoms. The minimum Gasteiger partial charge on any atom is -0.480 e. The van der Waals surface area contributed by atoms with Gasteiger partial charge >= 0.3 is 35.9 Å². The van der Waals surface area contributed by atoms with Crippen LogP contribution in [-0.4, -0.2) is 195 Å².